The maximum absolute atomic E-state index is 11.9. The monoisotopic (exact) mass is 318 g/mol. The second-order valence-corrected chi connectivity index (χ2v) is 7.49. The number of carbonyl (C=O) groups excluding carboxylic acids is 1. The summed E-state index contributed by atoms with van der Waals surface area (Å²) in [4.78, 5) is 16.4. The molecule has 3 fully saturated rings. The van der Waals surface area contributed by atoms with Gasteiger partial charge < -0.3 is 9.32 Å². The van der Waals surface area contributed by atoms with E-state index in [2.05, 4.69) is 22.0 Å². The highest BCUT2D eigenvalue weighted by molar-refractivity contribution is 5.77. The molecule has 126 valence electrons. The van der Waals surface area contributed by atoms with Gasteiger partial charge in [0.25, 0.3) is 0 Å². The highest BCUT2D eigenvalue weighted by Crippen LogP contribution is 2.41. The molecule has 4 rings (SSSR count). The summed E-state index contributed by atoms with van der Waals surface area (Å²) in [6, 6.07) is 0. The van der Waals surface area contributed by atoms with Crippen LogP contribution in [0.25, 0.3) is 0 Å². The predicted molar refractivity (Wildman–Crippen MR) is 84.7 cm³/mol. The summed E-state index contributed by atoms with van der Waals surface area (Å²) in [7, 11) is 0. The molecule has 1 aliphatic carbocycles. The Morgan fingerprint density at radius 2 is 2.00 bits per heavy atom. The Labute approximate surface area is 137 Å². The molecule has 6 nitrogen and oxygen atoms in total. The molecule has 0 aromatic carbocycles. The third-order valence-corrected chi connectivity index (χ3v) is 5.81. The van der Waals surface area contributed by atoms with Gasteiger partial charge in [-0.2, -0.15) is 0 Å². The Morgan fingerprint density at radius 3 is 2.70 bits per heavy atom. The van der Waals surface area contributed by atoms with Gasteiger partial charge in [-0.25, -0.2) is 0 Å². The van der Waals surface area contributed by atoms with Crippen LogP contribution in [0.1, 0.15) is 63.1 Å². The van der Waals surface area contributed by atoms with E-state index in [1.165, 1.54) is 25.7 Å². The standard InChI is InChI=1S/C17H26N4O2/c1-2-21-12-17(6-5-15(21)22)7-9-20(10-8-17)11-14-18-19-16(23-14)13-3-4-13/h13H,2-12H2,1H3. The highest BCUT2D eigenvalue weighted by atomic mass is 16.4. The molecule has 1 aromatic rings. The van der Waals surface area contributed by atoms with Crippen molar-refractivity contribution in [2.24, 2.45) is 5.41 Å². The van der Waals surface area contributed by atoms with Crippen LogP contribution in [0.3, 0.4) is 0 Å². The van der Waals surface area contributed by atoms with Gasteiger partial charge in [0, 0.05) is 25.4 Å². The van der Waals surface area contributed by atoms with Crippen molar-refractivity contribution in [1.29, 1.82) is 0 Å². The Bertz CT molecular complexity index is 573. The predicted octanol–water partition coefficient (Wildman–Crippen LogP) is 2.17. The Balaban J connectivity index is 1.32. The first-order chi connectivity index (χ1) is 11.2. The van der Waals surface area contributed by atoms with E-state index < -0.39 is 0 Å². The van der Waals surface area contributed by atoms with Crippen LogP contribution in [0.4, 0.5) is 0 Å². The van der Waals surface area contributed by atoms with Gasteiger partial charge in [-0.05, 0) is 57.5 Å². The van der Waals surface area contributed by atoms with Gasteiger partial charge in [0.05, 0.1) is 6.54 Å². The number of hydrogen-bond acceptors (Lipinski definition) is 5. The molecule has 3 heterocycles. The Kier molecular flexibility index (Phi) is 3.87. The van der Waals surface area contributed by atoms with Crippen molar-refractivity contribution in [2.75, 3.05) is 26.2 Å². The zero-order chi connectivity index (χ0) is 15.9. The van der Waals surface area contributed by atoms with Crippen molar-refractivity contribution in [1.82, 2.24) is 20.0 Å². The molecule has 2 aliphatic heterocycles. The molecule has 3 aliphatic rings. The maximum Gasteiger partial charge on any atom is 0.230 e. The highest BCUT2D eigenvalue weighted by Gasteiger charge is 2.40. The molecule has 0 bridgehead atoms. The Morgan fingerprint density at radius 1 is 1.22 bits per heavy atom. The fourth-order valence-electron chi connectivity index (χ4n) is 4.00. The van der Waals surface area contributed by atoms with E-state index in [4.69, 9.17) is 4.42 Å². The van der Waals surface area contributed by atoms with Crippen LogP contribution >= 0.6 is 0 Å². The average Bonchev–Trinajstić information content (AvgIpc) is 3.32. The molecular formula is C17H26N4O2. The van der Waals surface area contributed by atoms with Crippen molar-refractivity contribution in [2.45, 2.75) is 57.9 Å². The molecule has 0 N–H and O–H groups in total. The second-order valence-electron chi connectivity index (χ2n) is 7.49. The number of hydrogen-bond donors (Lipinski definition) is 0. The first-order valence-electron chi connectivity index (χ1n) is 9.00. The summed E-state index contributed by atoms with van der Waals surface area (Å²) in [5.41, 5.74) is 0.342. The fourth-order valence-corrected chi connectivity index (χ4v) is 4.00. The number of carbonyl (C=O) groups is 1. The summed E-state index contributed by atoms with van der Waals surface area (Å²) >= 11 is 0. The van der Waals surface area contributed by atoms with Crippen LogP contribution in [0.5, 0.6) is 0 Å². The topological polar surface area (TPSA) is 62.5 Å². The van der Waals surface area contributed by atoms with Crippen molar-refractivity contribution in [3.8, 4) is 0 Å². The lowest BCUT2D eigenvalue weighted by Crippen LogP contribution is -2.51. The SMILES string of the molecule is CCN1CC2(CCC1=O)CCN(Cc1nnc(C3CC3)o1)CC2. The number of likely N-dealkylation sites (tertiary alicyclic amines) is 2. The maximum atomic E-state index is 11.9. The summed E-state index contributed by atoms with van der Waals surface area (Å²) in [6.07, 6.45) is 6.51. The van der Waals surface area contributed by atoms with Crippen molar-refractivity contribution < 1.29 is 9.21 Å². The second kappa shape index (κ2) is 5.89. The van der Waals surface area contributed by atoms with E-state index in [1.807, 2.05) is 4.90 Å². The van der Waals surface area contributed by atoms with Crippen LogP contribution in [0.2, 0.25) is 0 Å². The smallest absolute Gasteiger partial charge is 0.230 e. The van der Waals surface area contributed by atoms with Gasteiger partial charge in [-0.15, -0.1) is 10.2 Å². The first kappa shape index (κ1) is 15.1. The largest absolute Gasteiger partial charge is 0.424 e. The minimum atomic E-state index is 0.332. The van der Waals surface area contributed by atoms with Crippen molar-refractivity contribution in [3.05, 3.63) is 11.8 Å². The van der Waals surface area contributed by atoms with Gasteiger partial charge in [0.2, 0.25) is 17.7 Å². The molecule has 0 atom stereocenters. The number of aromatic nitrogens is 2. The summed E-state index contributed by atoms with van der Waals surface area (Å²) in [5, 5.41) is 8.37. The van der Waals surface area contributed by atoms with E-state index >= 15 is 0 Å². The van der Waals surface area contributed by atoms with E-state index in [0.717, 1.165) is 57.3 Å². The summed E-state index contributed by atoms with van der Waals surface area (Å²) < 4.78 is 5.78. The molecule has 1 saturated carbocycles. The summed E-state index contributed by atoms with van der Waals surface area (Å²) in [6.45, 7) is 6.77. The lowest BCUT2D eigenvalue weighted by atomic mass is 9.72. The number of rotatable bonds is 4. The normalized spacial score (nSPS) is 25.3. The number of nitrogens with zero attached hydrogens (tertiary/aromatic N) is 4. The van der Waals surface area contributed by atoms with E-state index in [9.17, 15) is 4.79 Å². The zero-order valence-corrected chi connectivity index (χ0v) is 14.0. The van der Waals surface area contributed by atoms with Crippen LogP contribution in [0, 0.1) is 5.41 Å². The third kappa shape index (κ3) is 3.13. The van der Waals surface area contributed by atoms with E-state index in [-0.39, 0.29) is 0 Å². The molecule has 1 amide bonds. The molecule has 1 spiro atoms. The lowest BCUT2D eigenvalue weighted by Gasteiger charge is -2.47. The molecule has 23 heavy (non-hydrogen) atoms. The van der Waals surface area contributed by atoms with Crippen LogP contribution in [-0.4, -0.2) is 52.1 Å². The van der Waals surface area contributed by atoms with Gasteiger partial charge in [0.15, 0.2) is 0 Å². The van der Waals surface area contributed by atoms with Crippen LogP contribution < -0.4 is 0 Å². The molecule has 0 unspecified atom stereocenters. The van der Waals surface area contributed by atoms with E-state index in [0.29, 0.717) is 17.2 Å². The molecule has 0 radical (unpaired) electrons. The minimum Gasteiger partial charge on any atom is -0.424 e. The van der Waals surface area contributed by atoms with Crippen LogP contribution in [-0.2, 0) is 11.3 Å². The molecule has 1 aromatic heterocycles. The Hall–Kier alpha value is -1.43. The summed E-state index contributed by atoms with van der Waals surface area (Å²) in [5.74, 6) is 2.45. The van der Waals surface area contributed by atoms with Crippen LogP contribution in [0.15, 0.2) is 4.42 Å². The quantitative estimate of drug-likeness (QED) is 0.851. The van der Waals surface area contributed by atoms with Gasteiger partial charge in [-0.3, -0.25) is 9.69 Å². The minimum absolute atomic E-state index is 0.332. The average molecular weight is 318 g/mol. The third-order valence-electron chi connectivity index (χ3n) is 5.81. The lowest BCUT2D eigenvalue weighted by molar-refractivity contribution is -0.138. The van der Waals surface area contributed by atoms with Gasteiger partial charge in [-0.1, -0.05) is 0 Å². The van der Waals surface area contributed by atoms with E-state index in [1.54, 1.807) is 0 Å². The number of amides is 1. The van der Waals surface area contributed by atoms with Crippen molar-refractivity contribution in [3.63, 3.8) is 0 Å². The van der Waals surface area contributed by atoms with Crippen molar-refractivity contribution >= 4 is 5.91 Å². The fraction of sp³-hybridized carbons (Fsp3) is 0.824. The number of piperidine rings is 2. The molecular weight excluding hydrogens is 292 g/mol. The zero-order valence-electron chi connectivity index (χ0n) is 14.0. The van der Waals surface area contributed by atoms with Gasteiger partial charge in [0.1, 0.15) is 0 Å². The van der Waals surface area contributed by atoms with Gasteiger partial charge >= 0.3 is 0 Å². The molecule has 6 heteroatoms. The first-order valence-corrected chi connectivity index (χ1v) is 9.00. The molecule has 2 saturated heterocycles.